The van der Waals surface area contributed by atoms with Crippen LogP contribution >= 0.6 is 36.4 Å². The number of unbranched alkanes of at least 4 members (excludes halogenated alkanes) is 2. The minimum Gasteiger partial charge on any atom is -0.369 e. The highest BCUT2D eigenvalue weighted by atomic mass is 35.5. The molecule has 0 amide bonds. The number of benzene rings is 2. The van der Waals surface area contributed by atoms with Gasteiger partial charge in [0.05, 0.1) is 5.52 Å². The first kappa shape index (κ1) is 24.2. The largest absolute Gasteiger partial charge is 0.369 e. The van der Waals surface area contributed by atoms with Gasteiger partial charge in [0, 0.05) is 17.0 Å². The molecule has 28 heavy (non-hydrogen) atoms. The van der Waals surface area contributed by atoms with Gasteiger partial charge in [-0.05, 0) is 55.3 Å². The number of hydrogen-bond donors (Lipinski definition) is 2. The summed E-state index contributed by atoms with van der Waals surface area (Å²) >= 11 is 5.93. The lowest BCUT2D eigenvalue weighted by Crippen LogP contribution is -2.07. The Bertz CT molecular complexity index is 882. The fourth-order valence-electron chi connectivity index (χ4n) is 2.70. The van der Waals surface area contributed by atoms with Crippen LogP contribution in [0.1, 0.15) is 30.7 Å². The second-order valence-electron chi connectivity index (χ2n) is 6.11. The van der Waals surface area contributed by atoms with Gasteiger partial charge in [-0.25, -0.2) is 9.97 Å². The van der Waals surface area contributed by atoms with E-state index in [1.54, 1.807) is 0 Å². The number of aromatic nitrogens is 2. The molecule has 0 saturated heterocycles. The summed E-state index contributed by atoms with van der Waals surface area (Å²) in [6.45, 7) is 1.62. The summed E-state index contributed by atoms with van der Waals surface area (Å²) < 4.78 is 0. The minimum absolute atomic E-state index is 0. The Labute approximate surface area is 183 Å². The third kappa shape index (κ3) is 6.95. The Morgan fingerprint density at radius 3 is 2.39 bits per heavy atom. The predicted molar refractivity (Wildman–Crippen MR) is 126 cm³/mol. The van der Waals surface area contributed by atoms with Gasteiger partial charge in [0.15, 0.2) is 5.82 Å². The zero-order valence-corrected chi connectivity index (χ0v) is 17.9. The molecule has 0 unspecified atom stereocenters. The molecular formula is C21H25Cl3N4. The fraction of sp³-hybridized carbons (Fsp3) is 0.238. The number of nitrogens with zero attached hydrogens (tertiary/aromatic N) is 2. The Morgan fingerprint density at radius 2 is 1.64 bits per heavy atom. The van der Waals surface area contributed by atoms with Crippen LogP contribution in [0.25, 0.3) is 23.1 Å². The van der Waals surface area contributed by atoms with E-state index in [0.29, 0.717) is 5.82 Å². The molecule has 3 N–H and O–H groups in total. The van der Waals surface area contributed by atoms with Crippen LogP contribution in [0.2, 0.25) is 5.02 Å². The summed E-state index contributed by atoms with van der Waals surface area (Å²) in [5, 5.41) is 5.21. The van der Waals surface area contributed by atoms with Crippen molar-refractivity contribution in [1.82, 2.24) is 9.97 Å². The number of para-hydroxylation sites is 1. The van der Waals surface area contributed by atoms with Crippen molar-refractivity contribution < 1.29 is 0 Å². The van der Waals surface area contributed by atoms with E-state index in [0.717, 1.165) is 59.7 Å². The number of halogens is 3. The van der Waals surface area contributed by atoms with E-state index in [1.807, 2.05) is 60.7 Å². The number of hydrogen-bond acceptors (Lipinski definition) is 4. The summed E-state index contributed by atoms with van der Waals surface area (Å²) in [4.78, 5) is 9.34. The maximum absolute atomic E-state index is 5.93. The zero-order chi connectivity index (χ0) is 18.2. The highest BCUT2D eigenvalue weighted by Crippen LogP contribution is 2.21. The maximum Gasteiger partial charge on any atom is 0.154 e. The lowest BCUT2D eigenvalue weighted by molar-refractivity contribution is 0.706. The Morgan fingerprint density at radius 1 is 0.893 bits per heavy atom. The molecule has 0 spiro atoms. The number of nitrogens with two attached hydrogens (primary N) is 1. The molecule has 1 heterocycles. The molecule has 0 saturated carbocycles. The van der Waals surface area contributed by atoms with Gasteiger partial charge in [-0.2, -0.15) is 0 Å². The molecular weight excluding hydrogens is 415 g/mol. The van der Waals surface area contributed by atoms with Gasteiger partial charge in [0.2, 0.25) is 0 Å². The average Bonchev–Trinajstić information content (AvgIpc) is 2.67. The monoisotopic (exact) mass is 438 g/mol. The molecule has 0 fully saturated rings. The van der Waals surface area contributed by atoms with E-state index in [1.165, 1.54) is 0 Å². The van der Waals surface area contributed by atoms with Crippen molar-refractivity contribution in [3.63, 3.8) is 0 Å². The molecule has 1 aromatic heterocycles. The first-order valence-corrected chi connectivity index (χ1v) is 9.28. The van der Waals surface area contributed by atoms with E-state index < -0.39 is 0 Å². The third-order valence-corrected chi connectivity index (χ3v) is 4.34. The molecule has 150 valence electrons. The van der Waals surface area contributed by atoms with Crippen LogP contribution in [0.5, 0.6) is 0 Å². The third-order valence-electron chi connectivity index (χ3n) is 4.09. The molecule has 7 heteroatoms. The van der Waals surface area contributed by atoms with Crippen LogP contribution in [0.15, 0.2) is 48.5 Å². The minimum atomic E-state index is 0. The van der Waals surface area contributed by atoms with Crippen molar-refractivity contribution in [2.75, 3.05) is 18.4 Å². The van der Waals surface area contributed by atoms with E-state index in [9.17, 15) is 0 Å². The molecule has 0 aliphatic carbocycles. The van der Waals surface area contributed by atoms with Crippen LogP contribution in [-0.2, 0) is 0 Å². The Hall–Kier alpha value is -1.85. The van der Waals surface area contributed by atoms with Gasteiger partial charge >= 0.3 is 0 Å². The predicted octanol–water partition coefficient (Wildman–Crippen LogP) is 5.84. The normalized spacial score (nSPS) is 10.5. The summed E-state index contributed by atoms with van der Waals surface area (Å²) in [5.74, 6) is 1.56. The van der Waals surface area contributed by atoms with Gasteiger partial charge in [-0.1, -0.05) is 48.4 Å². The van der Waals surface area contributed by atoms with Crippen LogP contribution in [0, 0.1) is 0 Å². The number of anilines is 1. The van der Waals surface area contributed by atoms with E-state index >= 15 is 0 Å². The number of nitrogens with one attached hydrogen (secondary N) is 1. The van der Waals surface area contributed by atoms with Gasteiger partial charge in [-0.15, -0.1) is 24.8 Å². The van der Waals surface area contributed by atoms with Crippen molar-refractivity contribution in [1.29, 1.82) is 0 Å². The van der Waals surface area contributed by atoms with Gasteiger partial charge < -0.3 is 11.1 Å². The maximum atomic E-state index is 5.93. The molecule has 0 atom stereocenters. The van der Waals surface area contributed by atoms with E-state index in [4.69, 9.17) is 22.3 Å². The Balaban J connectivity index is 0.00000196. The molecule has 4 nitrogen and oxygen atoms in total. The van der Waals surface area contributed by atoms with Crippen molar-refractivity contribution in [3.05, 3.63) is 64.9 Å². The van der Waals surface area contributed by atoms with Crippen LogP contribution in [0.4, 0.5) is 5.82 Å². The number of rotatable bonds is 8. The molecule has 0 aliphatic rings. The SMILES string of the molecule is Cl.Cl.NCCCCCNc1nc(/C=C/c2ccc(Cl)cc2)nc2ccccc12. The van der Waals surface area contributed by atoms with Crippen LogP contribution in [0.3, 0.4) is 0 Å². The van der Waals surface area contributed by atoms with E-state index in [-0.39, 0.29) is 24.8 Å². The summed E-state index contributed by atoms with van der Waals surface area (Å²) in [7, 11) is 0. The molecule has 2 aromatic carbocycles. The standard InChI is InChI=1S/C21H23ClN4.2ClH/c22-17-11-8-16(9-12-17)10-13-20-25-19-7-3-2-6-18(19)21(26-20)24-15-5-1-4-14-23;;/h2-3,6-13H,1,4-5,14-15,23H2,(H,24,25,26);2*1H/b13-10+;;. The number of fused-ring (bicyclic) bond motifs is 1. The second-order valence-corrected chi connectivity index (χ2v) is 6.54. The summed E-state index contributed by atoms with van der Waals surface area (Å²) in [6, 6.07) is 15.7. The molecule has 0 radical (unpaired) electrons. The zero-order valence-electron chi connectivity index (χ0n) is 15.5. The molecule has 3 aromatic rings. The molecule has 0 bridgehead atoms. The fourth-order valence-corrected chi connectivity index (χ4v) is 2.83. The van der Waals surface area contributed by atoms with Gasteiger partial charge in [0.25, 0.3) is 0 Å². The highest BCUT2D eigenvalue weighted by molar-refractivity contribution is 6.30. The van der Waals surface area contributed by atoms with Crippen molar-refractivity contribution >= 4 is 65.3 Å². The van der Waals surface area contributed by atoms with Crippen molar-refractivity contribution in [3.8, 4) is 0 Å². The van der Waals surface area contributed by atoms with E-state index in [2.05, 4.69) is 10.3 Å². The first-order valence-electron chi connectivity index (χ1n) is 8.90. The van der Waals surface area contributed by atoms with Crippen LogP contribution in [-0.4, -0.2) is 23.1 Å². The highest BCUT2D eigenvalue weighted by Gasteiger charge is 2.05. The summed E-state index contributed by atoms with van der Waals surface area (Å²) in [6.07, 6.45) is 7.17. The van der Waals surface area contributed by atoms with Crippen LogP contribution < -0.4 is 11.1 Å². The van der Waals surface area contributed by atoms with Gasteiger partial charge in [-0.3, -0.25) is 0 Å². The Kier molecular flexibility index (Phi) is 10.9. The lowest BCUT2D eigenvalue weighted by Gasteiger charge is -2.09. The lowest BCUT2D eigenvalue weighted by atomic mass is 10.2. The van der Waals surface area contributed by atoms with Gasteiger partial charge in [0.1, 0.15) is 5.82 Å². The average molecular weight is 440 g/mol. The first-order chi connectivity index (χ1) is 12.8. The molecule has 3 rings (SSSR count). The smallest absolute Gasteiger partial charge is 0.154 e. The molecule has 0 aliphatic heterocycles. The topological polar surface area (TPSA) is 63.8 Å². The van der Waals surface area contributed by atoms with Crippen molar-refractivity contribution in [2.24, 2.45) is 5.73 Å². The van der Waals surface area contributed by atoms with Crippen molar-refractivity contribution in [2.45, 2.75) is 19.3 Å². The quantitative estimate of drug-likeness (QED) is 0.433. The second kappa shape index (κ2) is 12.6. The summed E-state index contributed by atoms with van der Waals surface area (Å²) in [5.41, 5.74) is 7.54.